The molecule has 0 heterocycles. The van der Waals surface area contributed by atoms with Crippen molar-refractivity contribution in [1.82, 2.24) is 5.32 Å². The van der Waals surface area contributed by atoms with Crippen LogP contribution in [0.3, 0.4) is 0 Å². The van der Waals surface area contributed by atoms with E-state index in [1.54, 1.807) is 14.0 Å². The molecular weight excluding hydrogens is 206 g/mol. The van der Waals surface area contributed by atoms with Gasteiger partial charge in [0.1, 0.15) is 5.60 Å². The van der Waals surface area contributed by atoms with Crippen LogP contribution in [0.25, 0.3) is 0 Å². The van der Waals surface area contributed by atoms with E-state index >= 15 is 0 Å². The molecular formula is C12H23NO3. The molecule has 4 heteroatoms. The number of aliphatic hydroxyl groups excluding tert-OH is 1. The molecule has 0 aromatic rings. The highest BCUT2D eigenvalue weighted by Gasteiger charge is 2.43. The second kappa shape index (κ2) is 5.15. The standard InChI is InChI=1S/C12H23NO3/c1-4-11(2,16-3)10(15)13-9-12(5-6-12)7-8-14/h14H,4-9H2,1-3H3,(H,13,15). The van der Waals surface area contributed by atoms with Crippen LogP contribution >= 0.6 is 0 Å². The molecule has 1 fully saturated rings. The molecule has 2 N–H and O–H groups in total. The van der Waals surface area contributed by atoms with E-state index < -0.39 is 5.60 Å². The van der Waals surface area contributed by atoms with Crippen LogP contribution in [0.2, 0.25) is 0 Å². The van der Waals surface area contributed by atoms with Crippen LogP contribution in [0.4, 0.5) is 0 Å². The number of amides is 1. The van der Waals surface area contributed by atoms with Crippen LogP contribution in [-0.4, -0.2) is 36.9 Å². The van der Waals surface area contributed by atoms with Crippen LogP contribution in [0.5, 0.6) is 0 Å². The van der Waals surface area contributed by atoms with Crippen molar-refractivity contribution in [3.05, 3.63) is 0 Å². The lowest BCUT2D eigenvalue weighted by atomic mass is 10.00. The minimum Gasteiger partial charge on any atom is -0.396 e. The number of nitrogens with one attached hydrogen (secondary N) is 1. The number of ether oxygens (including phenoxy) is 1. The molecule has 0 saturated heterocycles. The summed E-state index contributed by atoms with van der Waals surface area (Å²) < 4.78 is 5.23. The second-order valence-electron chi connectivity index (χ2n) is 4.94. The monoisotopic (exact) mass is 229 g/mol. The lowest BCUT2D eigenvalue weighted by Crippen LogP contribution is -2.47. The predicted molar refractivity (Wildman–Crippen MR) is 62.1 cm³/mol. The quantitative estimate of drug-likeness (QED) is 0.687. The molecule has 1 aliphatic carbocycles. The second-order valence-corrected chi connectivity index (χ2v) is 4.94. The summed E-state index contributed by atoms with van der Waals surface area (Å²) in [5.41, 5.74) is -0.567. The van der Waals surface area contributed by atoms with Crippen molar-refractivity contribution < 1.29 is 14.6 Å². The zero-order valence-electron chi connectivity index (χ0n) is 10.5. The molecule has 1 saturated carbocycles. The Hall–Kier alpha value is -0.610. The van der Waals surface area contributed by atoms with E-state index in [9.17, 15) is 4.79 Å². The fraction of sp³-hybridized carbons (Fsp3) is 0.917. The van der Waals surface area contributed by atoms with E-state index in [2.05, 4.69) is 5.32 Å². The van der Waals surface area contributed by atoms with Gasteiger partial charge < -0.3 is 15.2 Å². The molecule has 1 atom stereocenters. The first-order valence-electron chi connectivity index (χ1n) is 5.96. The molecule has 1 amide bonds. The molecule has 0 aliphatic heterocycles. The summed E-state index contributed by atoms with van der Waals surface area (Å²) in [6.45, 7) is 4.59. The van der Waals surface area contributed by atoms with Gasteiger partial charge in [-0.3, -0.25) is 4.79 Å². The fourth-order valence-electron chi connectivity index (χ4n) is 1.78. The summed E-state index contributed by atoms with van der Waals surface area (Å²) in [6.07, 6.45) is 3.64. The van der Waals surface area contributed by atoms with Gasteiger partial charge in [-0.05, 0) is 38.0 Å². The van der Waals surface area contributed by atoms with Gasteiger partial charge >= 0.3 is 0 Å². The average molecular weight is 229 g/mol. The SMILES string of the molecule is CCC(C)(OC)C(=O)NCC1(CCO)CC1. The van der Waals surface area contributed by atoms with Crippen molar-refractivity contribution >= 4 is 5.91 Å². The Bertz CT molecular complexity index is 245. The Morgan fingerprint density at radius 3 is 2.56 bits per heavy atom. The molecule has 0 bridgehead atoms. The van der Waals surface area contributed by atoms with E-state index in [4.69, 9.17) is 9.84 Å². The first kappa shape index (κ1) is 13.5. The van der Waals surface area contributed by atoms with Gasteiger partial charge in [-0.2, -0.15) is 0 Å². The number of rotatable bonds is 7. The lowest BCUT2D eigenvalue weighted by Gasteiger charge is -2.26. The summed E-state index contributed by atoms with van der Waals surface area (Å²) >= 11 is 0. The van der Waals surface area contributed by atoms with Crippen LogP contribution in [0.1, 0.15) is 39.5 Å². The fourth-order valence-corrected chi connectivity index (χ4v) is 1.78. The summed E-state index contributed by atoms with van der Waals surface area (Å²) in [5, 5.41) is 11.9. The molecule has 1 aliphatic rings. The molecule has 1 rings (SSSR count). The van der Waals surface area contributed by atoms with Crippen molar-refractivity contribution in [3.63, 3.8) is 0 Å². The van der Waals surface area contributed by atoms with E-state index in [1.807, 2.05) is 6.92 Å². The Morgan fingerprint density at radius 2 is 2.19 bits per heavy atom. The number of aliphatic hydroxyl groups is 1. The number of hydrogen-bond donors (Lipinski definition) is 2. The third-order valence-corrected chi connectivity index (χ3v) is 3.83. The van der Waals surface area contributed by atoms with Crippen molar-refractivity contribution in [3.8, 4) is 0 Å². The minimum absolute atomic E-state index is 0.0540. The summed E-state index contributed by atoms with van der Waals surface area (Å²) in [5.74, 6) is -0.0540. The van der Waals surface area contributed by atoms with Crippen LogP contribution < -0.4 is 5.32 Å². The zero-order valence-corrected chi connectivity index (χ0v) is 10.5. The average Bonchev–Trinajstić information content (AvgIpc) is 3.06. The highest BCUT2D eigenvalue weighted by atomic mass is 16.5. The minimum atomic E-state index is -0.727. The number of carbonyl (C=O) groups excluding carboxylic acids is 1. The Balaban J connectivity index is 2.40. The topological polar surface area (TPSA) is 58.6 Å². The first-order chi connectivity index (χ1) is 7.52. The Labute approximate surface area is 97.4 Å². The summed E-state index contributed by atoms with van der Waals surface area (Å²) in [6, 6.07) is 0. The Morgan fingerprint density at radius 1 is 1.56 bits per heavy atom. The third-order valence-electron chi connectivity index (χ3n) is 3.83. The van der Waals surface area contributed by atoms with Crippen molar-refractivity contribution in [2.24, 2.45) is 5.41 Å². The highest BCUT2D eigenvalue weighted by Crippen LogP contribution is 2.47. The molecule has 0 radical (unpaired) electrons. The molecule has 1 unspecified atom stereocenters. The molecule has 16 heavy (non-hydrogen) atoms. The number of carbonyl (C=O) groups is 1. The molecule has 4 nitrogen and oxygen atoms in total. The maximum absolute atomic E-state index is 11.9. The van der Waals surface area contributed by atoms with E-state index in [0.717, 1.165) is 19.3 Å². The van der Waals surface area contributed by atoms with Crippen molar-refractivity contribution in [2.45, 2.75) is 45.1 Å². The number of methoxy groups -OCH3 is 1. The van der Waals surface area contributed by atoms with E-state index in [-0.39, 0.29) is 17.9 Å². The van der Waals surface area contributed by atoms with Gasteiger partial charge in [-0.25, -0.2) is 0 Å². The Kier molecular flexibility index (Phi) is 4.33. The zero-order chi connectivity index (χ0) is 12.2. The maximum atomic E-state index is 11.9. The van der Waals surface area contributed by atoms with Crippen molar-refractivity contribution in [1.29, 1.82) is 0 Å². The molecule has 0 aromatic carbocycles. The largest absolute Gasteiger partial charge is 0.396 e. The molecule has 0 aromatic heterocycles. The molecule has 94 valence electrons. The van der Waals surface area contributed by atoms with Gasteiger partial charge in [0.2, 0.25) is 0 Å². The van der Waals surface area contributed by atoms with E-state index in [1.165, 1.54) is 0 Å². The predicted octanol–water partition coefficient (Wildman–Crippen LogP) is 1.08. The van der Waals surface area contributed by atoms with Gasteiger partial charge in [-0.15, -0.1) is 0 Å². The van der Waals surface area contributed by atoms with Gasteiger partial charge in [0.25, 0.3) is 5.91 Å². The first-order valence-corrected chi connectivity index (χ1v) is 5.96. The third kappa shape index (κ3) is 2.95. The van der Waals surface area contributed by atoms with Gasteiger partial charge in [0, 0.05) is 20.3 Å². The van der Waals surface area contributed by atoms with Crippen molar-refractivity contribution in [2.75, 3.05) is 20.3 Å². The summed E-state index contributed by atoms with van der Waals surface area (Å²) in [7, 11) is 1.56. The van der Waals surface area contributed by atoms with Crippen LogP contribution in [0, 0.1) is 5.41 Å². The normalized spacial score (nSPS) is 21.2. The maximum Gasteiger partial charge on any atom is 0.251 e. The lowest BCUT2D eigenvalue weighted by molar-refractivity contribution is -0.142. The smallest absolute Gasteiger partial charge is 0.251 e. The molecule has 0 spiro atoms. The van der Waals surface area contributed by atoms with Crippen LogP contribution in [-0.2, 0) is 9.53 Å². The highest BCUT2D eigenvalue weighted by molar-refractivity contribution is 5.84. The van der Waals surface area contributed by atoms with Gasteiger partial charge in [0.15, 0.2) is 0 Å². The summed E-state index contributed by atoms with van der Waals surface area (Å²) in [4.78, 5) is 11.9. The number of hydrogen-bond acceptors (Lipinski definition) is 3. The van der Waals surface area contributed by atoms with E-state index in [0.29, 0.717) is 13.0 Å². The van der Waals surface area contributed by atoms with Crippen LogP contribution in [0.15, 0.2) is 0 Å². The van der Waals surface area contributed by atoms with Gasteiger partial charge in [0.05, 0.1) is 0 Å². The van der Waals surface area contributed by atoms with Gasteiger partial charge in [-0.1, -0.05) is 6.92 Å².